The summed E-state index contributed by atoms with van der Waals surface area (Å²) in [6.45, 7) is -0.340. The van der Waals surface area contributed by atoms with Crippen LogP contribution in [0.1, 0.15) is 5.56 Å². The van der Waals surface area contributed by atoms with E-state index in [1.54, 1.807) is 0 Å². The Morgan fingerprint density at radius 1 is 1.58 bits per heavy atom. The average Bonchev–Trinajstić information content (AvgIpc) is 2.53. The lowest BCUT2D eigenvalue weighted by atomic mass is 10.1. The van der Waals surface area contributed by atoms with Crippen LogP contribution in [0.25, 0.3) is 0 Å². The van der Waals surface area contributed by atoms with Crippen LogP contribution in [0.4, 0.5) is 20.6 Å². The van der Waals surface area contributed by atoms with Gasteiger partial charge in [0.05, 0.1) is 27.7 Å². The molecule has 1 heterocycles. The average molecular weight is 403 g/mol. The number of halogens is 2. The van der Waals surface area contributed by atoms with Crippen LogP contribution in [-0.2, 0) is 0 Å². The molecule has 1 fully saturated rings. The number of aliphatic hydroxyl groups excluding tert-OH is 1. The monoisotopic (exact) mass is 402 g/mol. The van der Waals surface area contributed by atoms with Gasteiger partial charge in [-0.1, -0.05) is 0 Å². The summed E-state index contributed by atoms with van der Waals surface area (Å²) >= 11 is 3.06. The van der Waals surface area contributed by atoms with Crippen molar-refractivity contribution in [3.8, 4) is 6.07 Å². The molecule has 24 heavy (non-hydrogen) atoms. The molecule has 0 unspecified atom stereocenters. The molecule has 9 nitrogen and oxygen atoms in total. The predicted octanol–water partition coefficient (Wildman–Crippen LogP) is 1.53. The largest absolute Gasteiger partial charge is 0.465 e. The third kappa shape index (κ3) is 3.10. The van der Waals surface area contributed by atoms with Gasteiger partial charge in [-0.2, -0.15) is 5.26 Å². The van der Waals surface area contributed by atoms with E-state index in [1.807, 2.05) is 0 Å². The number of nitriles is 1. The van der Waals surface area contributed by atoms with Crippen molar-refractivity contribution < 1.29 is 24.3 Å². The number of nitro groups is 1. The molecule has 2 rings (SSSR count). The number of hydrogen-bond donors (Lipinski definition) is 2. The quantitative estimate of drug-likeness (QED) is 0.578. The second-order valence-electron chi connectivity index (χ2n) is 5.04. The molecule has 1 atom stereocenters. The van der Waals surface area contributed by atoms with Gasteiger partial charge in [-0.15, -0.1) is 0 Å². The molecule has 1 aliphatic heterocycles. The molecule has 1 aliphatic rings. The van der Waals surface area contributed by atoms with Crippen LogP contribution < -0.4 is 4.90 Å². The Hall–Kier alpha value is -2.45. The fraction of sp³-hybridized carbons (Fsp3) is 0.385. The van der Waals surface area contributed by atoms with Gasteiger partial charge in [0.1, 0.15) is 6.07 Å². The topological polar surface area (TPSA) is 131 Å². The van der Waals surface area contributed by atoms with E-state index in [9.17, 15) is 24.4 Å². The summed E-state index contributed by atoms with van der Waals surface area (Å²) in [4.78, 5) is 23.7. The molecule has 0 saturated carbocycles. The maximum Gasteiger partial charge on any atom is 0.407 e. The van der Waals surface area contributed by atoms with E-state index in [0.717, 1.165) is 11.0 Å². The molecular formula is C13H12BrFN4O5. The summed E-state index contributed by atoms with van der Waals surface area (Å²) < 4.78 is 14.7. The maximum atomic E-state index is 14.6. The minimum Gasteiger partial charge on any atom is -0.465 e. The number of rotatable bonds is 3. The lowest BCUT2D eigenvalue weighted by Gasteiger charge is -2.40. The summed E-state index contributed by atoms with van der Waals surface area (Å²) in [5.74, 6) is -1.06. The molecule has 0 aliphatic carbocycles. The summed E-state index contributed by atoms with van der Waals surface area (Å²) in [5.41, 5.74) is -1.42. The Morgan fingerprint density at radius 3 is 2.75 bits per heavy atom. The summed E-state index contributed by atoms with van der Waals surface area (Å²) in [7, 11) is 0. The molecule has 0 bridgehead atoms. The van der Waals surface area contributed by atoms with Crippen molar-refractivity contribution in [3.05, 3.63) is 32.0 Å². The zero-order valence-corrected chi connectivity index (χ0v) is 13.7. The molecule has 11 heteroatoms. The van der Waals surface area contributed by atoms with E-state index in [2.05, 4.69) is 15.9 Å². The SMILES string of the molecule is N#Cc1c([N+](=O)[O-])cc(Br)c(N2CCN(C(=O)O)[C@H](CO)C2)c1F. The van der Waals surface area contributed by atoms with Gasteiger partial charge in [0.25, 0.3) is 5.69 Å². The minimum absolute atomic E-state index is 0.0129. The number of nitrogens with zero attached hydrogens (tertiary/aromatic N) is 4. The van der Waals surface area contributed by atoms with Crippen molar-refractivity contribution in [2.75, 3.05) is 31.1 Å². The highest BCUT2D eigenvalue weighted by molar-refractivity contribution is 9.10. The fourth-order valence-electron chi connectivity index (χ4n) is 2.60. The van der Waals surface area contributed by atoms with Crippen molar-refractivity contribution in [2.24, 2.45) is 0 Å². The van der Waals surface area contributed by atoms with Gasteiger partial charge >= 0.3 is 6.09 Å². The Bertz CT molecular complexity index is 738. The Labute approximate surface area is 143 Å². The Kier molecular flexibility index (Phi) is 5.20. The van der Waals surface area contributed by atoms with Crippen molar-refractivity contribution in [2.45, 2.75) is 6.04 Å². The smallest absolute Gasteiger partial charge is 0.407 e. The molecule has 1 aromatic carbocycles. The number of carbonyl (C=O) groups is 1. The summed E-state index contributed by atoms with van der Waals surface area (Å²) in [5, 5.41) is 38.4. The number of nitro benzene ring substituents is 1. The third-order valence-electron chi connectivity index (χ3n) is 3.74. The lowest BCUT2D eigenvalue weighted by molar-refractivity contribution is -0.385. The number of carboxylic acid groups (broad SMARTS) is 1. The fourth-order valence-corrected chi connectivity index (χ4v) is 3.24. The van der Waals surface area contributed by atoms with Gasteiger partial charge in [0, 0.05) is 25.7 Å². The van der Waals surface area contributed by atoms with Gasteiger partial charge in [0.15, 0.2) is 11.4 Å². The highest BCUT2D eigenvalue weighted by atomic mass is 79.9. The second kappa shape index (κ2) is 6.98. The third-order valence-corrected chi connectivity index (χ3v) is 4.34. The minimum atomic E-state index is -1.20. The number of aliphatic hydroxyl groups is 1. The second-order valence-corrected chi connectivity index (χ2v) is 5.90. The van der Waals surface area contributed by atoms with Crippen LogP contribution in [0.5, 0.6) is 0 Å². The number of hydrogen-bond acceptors (Lipinski definition) is 6. The lowest BCUT2D eigenvalue weighted by Crippen LogP contribution is -2.56. The van der Waals surface area contributed by atoms with Crippen LogP contribution in [0, 0.1) is 27.3 Å². The van der Waals surface area contributed by atoms with Crippen LogP contribution in [0.15, 0.2) is 10.5 Å². The number of benzene rings is 1. The van der Waals surface area contributed by atoms with Gasteiger partial charge in [0.2, 0.25) is 0 Å². The van der Waals surface area contributed by atoms with Crippen molar-refractivity contribution in [3.63, 3.8) is 0 Å². The predicted molar refractivity (Wildman–Crippen MR) is 83.3 cm³/mol. The molecule has 1 aromatic rings. The number of piperazine rings is 1. The van der Waals surface area contributed by atoms with E-state index in [0.29, 0.717) is 0 Å². The van der Waals surface area contributed by atoms with Gasteiger partial charge in [-0.3, -0.25) is 15.0 Å². The first-order chi connectivity index (χ1) is 11.3. The molecule has 2 N–H and O–H groups in total. The molecule has 0 aromatic heterocycles. The normalized spacial score (nSPS) is 17.5. The molecule has 0 radical (unpaired) electrons. The zero-order valence-electron chi connectivity index (χ0n) is 12.1. The summed E-state index contributed by atoms with van der Waals surface area (Å²) in [6.07, 6.45) is -1.20. The number of amides is 1. The van der Waals surface area contributed by atoms with Gasteiger partial charge in [-0.05, 0) is 15.9 Å². The highest BCUT2D eigenvalue weighted by Gasteiger charge is 2.34. The van der Waals surface area contributed by atoms with Crippen molar-refractivity contribution in [1.82, 2.24) is 4.90 Å². The van der Waals surface area contributed by atoms with E-state index < -0.39 is 40.7 Å². The van der Waals surface area contributed by atoms with Crippen molar-refractivity contribution in [1.29, 1.82) is 5.26 Å². The van der Waals surface area contributed by atoms with Crippen LogP contribution >= 0.6 is 15.9 Å². The zero-order chi connectivity index (χ0) is 18.0. The maximum absolute atomic E-state index is 14.6. The first-order valence-electron chi connectivity index (χ1n) is 6.73. The molecular weight excluding hydrogens is 391 g/mol. The molecule has 0 spiro atoms. The Morgan fingerprint density at radius 2 is 2.25 bits per heavy atom. The summed E-state index contributed by atoms with van der Waals surface area (Å²) in [6, 6.07) is 1.75. The van der Waals surface area contributed by atoms with Gasteiger partial charge in [-0.25, -0.2) is 9.18 Å². The van der Waals surface area contributed by atoms with Crippen molar-refractivity contribution >= 4 is 33.4 Å². The van der Waals surface area contributed by atoms with Crippen LogP contribution in [-0.4, -0.2) is 58.4 Å². The van der Waals surface area contributed by atoms with Crippen LogP contribution in [0.2, 0.25) is 0 Å². The van der Waals surface area contributed by atoms with E-state index >= 15 is 0 Å². The standard InChI is InChI=1S/C13H12BrFN4O5/c14-9-3-10(19(23)24)8(4-16)11(15)12(9)17-1-2-18(13(21)22)7(5-17)6-20/h3,7,20H,1-2,5-6H2,(H,21,22)/t7-/m0/s1. The van der Waals surface area contributed by atoms with Gasteiger partial charge < -0.3 is 15.1 Å². The van der Waals surface area contributed by atoms with Crippen LogP contribution in [0.3, 0.4) is 0 Å². The highest BCUT2D eigenvalue weighted by Crippen LogP contribution is 2.37. The van der Waals surface area contributed by atoms with E-state index in [-0.39, 0.29) is 29.8 Å². The first kappa shape index (κ1) is 17.9. The molecule has 128 valence electrons. The van der Waals surface area contributed by atoms with E-state index in [4.69, 9.17) is 10.4 Å². The van der Waals surface area contributed by atoms with E-state index in [1.165, 1.54) is 11.0 Å². The molecule has 1 amide bonds. The first-order valence-corrected chi connectivity index (χ1v) is 7.53. The number of anilines is 1. The Balaban J connectivity index is 2.45. The molecule has 1 saturated heterocycles.